The number of nitrogens with zero attached hydrogens (tertiary/aromatic N) is 4. The van der Waals surface area contributed by atoms with Gasteiger partial charge in [0, 0.05) is 29.9 Å². The lowest BCUT2D eigenvalue weighted by Crippen LogP contribution is -2.25. The van der Waals surface area contributed by atoms with Gasteiger partial charge in [0.1, 0.15) is 0 Å². The van der Waals surface area contributed by atoms with E-state index in [4.69, 9.17) is 0 Å². The third-order valence-electron chi connectivity index (χ3n) is 5.34. The summed E-state index contributed by atoms with van der Waals surface area (Å²) in [6.07, 6.45) is 5.60. The summed E-state index contributed by atoms with van der Waals surface area (Å²) >= 11 is 0. The van der Waals surface area contributed by atoms with Crippen LogP contribution in [0.3, 0.4) is 0 Å². The minimum Gasteiger partial charge on any atom is -0.352 e. The summed E-state index contributed by atoms with van der Waals surface area (Å²) in [5.74, 6) is 0.170. The highest BCUT2D eigenvalue weighted by atomic mass is 19.1. The number of nitrogens with one attached hydrogen (secondary N) is 1. The van der Waals surface area contributed by atoms with Crippen LogP contribution < -0.4 is 5.32 Å². The van der Waals surface area contributed by atoms with E-state index in [1.807, 2.05) is 31.3 Å². The predicted molar refractivity (Wildman–Crippen MR) is 118 cm³/mol. The second kappa shape index (κ2) is 9.74. The Labute approximate surface area is 172 Å². The lowest BCUT2D eigenvalue weighted by Gasteiger charge is -2.19. The Balaban J connectivity index is 1.68. The van der Waals surface area contributed by atoms with Gasteiger partial charge in [-0.3, -0.25) is 0 Å². The van der Waals surface area contributed by atoms with Gasteiger partial charge in [0.2, 0.25) is 11.9 Å². The van der Waals surface area contributed by atoms with Crippen LogP contribution in [0.25, 0.3) is 22.0 Å². The first-order valence-corrected chi connectivity index (χ1v) is 10.4. The summed E-state index contributed by atoms with van der Waals surface area (Å²) < 4.78 is 13.5. The maximum Gasteiger partial charge on any atom is 0.223 e. The number of halogens is 1. The molecule has 0 fully saturated rings. The first-order chi connectivity index (χ1) is 14.0. The number of anilines is 1. The highest BCUT2D eigenvalue weighted by Gasteiger charge is 2.09. The lowest BCUT2D eigenvalue weighted by atomic mass is 10.0. The molecule has 0 aliphatic heterocycles. The standard InChI is InChI=1S/C23H30FN5/c1-5-29(6-2)11-7-8-17(4)27-23-26-15-19-12-18(9-10-21(19)28-23)20-13-22(24)25-14-16(20)3/h9-10,12-15,17H,5-8,11H2,1-4H3,(H,26,27,28)/t17-/m1/s1. The summed E-state index contributed by atoms with van der Waals surface area (Å²) in [5, 5.41) is 4.34. The van der Waals surface area contributed by atoms with Gasteiger partial charge in [-0.05, 0) is 75.1 Å². The van der Waals surface area contributed by atoms with Gasteiger partial charge in [-0.25, -0.2) is 15.0 Å². The van der Waals surface area contributed by atoms with Crippen molar-refractivity contribution in [2.24, 2.45) is 0 Å². The molecule has 0 amide bonds. The largest absolute Gasteiger partial charge is 0.352 e. The summed E-state index contributed by atoms with van der Waals surface area (Å²) in [4.78, 5) is 15.3. The van der Waals surface area contributed by atoms with E-state index in [0.29, 0.717) is 12.0 Å². The van der Waals surface area contributed by atoms with Crippen LogP contribution in [0.2, 0.25) is 0 Å². The Kier molecular flexibility index (Phi) is 7.09. The molecule has 1 atom stereocenters. The van der Waals surface area contributed by atoms with Gasteiger partial charge < -0.3 is 10.2 Å². The van der Waals surface area contributed by atoms with Crippen LogP contribution in [0.1, 0.15) is 39.2 Å². The fourth-order valence-electron chi connectivity index (χ4n) is 3.53. The van der Waals surface area contributed by atoms with Crippen molar-refractivity contribution in [3.05, 3.63) is 48.2 Å². The SMILES string of the molecule is CCN(CC)CCC[C@@H](C)Nc1ncc2cc(-c3cc(F)ncc3C)ccc2n1. The molecule has 3 aromatic rings. The molecule has 2 heterocycles. The van der Waals surface area contributed by atoms with E-state index in [0.717, 1.165) is 60.1 Å². The van der Waals surface area contributed by atoms with Crippen LogP contribution >= 0.6 is 0 Å². The molecule has 1 aromatic carbocycles. The fourth-order valence-corrected chi connectivity index (χ4v) is 3.53. The topological polar surface area (TPSA) is 53.9 Å². The average Bonchev–Trinajstić information content (AvgIpc) is 2.72. The smallest absolute Gasteiger partial charge is 0.223 e. The fraction of sp³-hybridized carbons (Fsp3) is 0.435. The molecule has 0 spiro atoms. The van der Waals surface area contributed by atoms with E-state index in [9.17, 15) is 4.39 Å². The Hall–Kier alpha value is -2.60. The Morgan fingerprint density at radius 2 is 1.90 bits per heavy atom. The van der Waals surface area contributed by atoms with E-state index >= 15 is 0 Å². The van der Waals surface area contributed by atoms with Crippen molar-refractivity contribution in [1.82, 2.24) is 19.9 Å². The van der Waals surface area contributed by atoms with Crippen molar-refractivity contribution in [3.63, 3.8) is 0 Å². The van der Waals surface area contributed by atoms with Crippen molar-refractivity contribution in [1.29, 1.82) is 0 Å². The minimum atomic E-state index is -0.475. The number of aromatic nitrogens is 3. The molecular formula is C23H30FN5. The molecule has 154 valence electrons. The third kappa shape index (κ3) is 5.48. The van der Waals surface area contributed by atoms with Crippen molar-refractivity contribution in [3.8, 4) is 11.1 Å². The summed E-state index contributed by atoms with van der Waals surface area (Å²) in [6, 6.07) is 7.70. The number of rotatable bonds is 9. The number of benzene rings is 1. The lowest BCUT2D eigenvalue weighted by molar-refractivity contribution is 0.295. The molecule has 0 saturated carbocycles. The second-order valence-corrected chi connectivity index (χ2v) is 7.50. The molecule has 29 heavy (non-hydrogen) atoms. The summed E-state index contributed by atoms with van der Waals surface area (Å²) in [5.41, 5.74) is 3.58. The molecule has 1 N–H and O–H groups in total. The van der Waals surface area contributed by atoms with Gasteiger partial charge >= 0.3 is 0 Å². The van der Waals surface area contributed by atoms with Gasteiger partial charge in [0.15, 0.2) is 0 Å². The molecule has 0 unspecified atom stereocenters. The molecule has 0 aliphatic carbocycles. The van der Waals surface area contributed by atoms with Gasteiger partial charge in [0.25, 0.3) is 0 Å². The molecule has 5 nitrogen and oxygen atoms in total. The second-order valence-electron chi connectivity index (χ2n) is 7.50. The molecule has 0 aliphatic rings. The first kappa shape index (κ1) is 21.1. The Morgan fingerprint density at radius 3 is 2.66 bits per heavy atom. The van der Waals surface area contributed by atoms with Crippen molar-refractivity contribution in [2.75, 3.05) is 25.0 Å². The van der Waals surface area contributed by atoms with Crippen molar-refractivity contribution < 1.29 is 4.39 Å². The zero-order valence-corrected chi connectivity index (χ0v) is 17.7. The van der Waals surface area contributed by atoms with E-state index in [-0.39, 0.29) is 0 Å². The van der Waals surface area contributed by atoms with Gasteiger partial charge in [-0.15, -0.1) is 0 Å². The van der Waals surface area contributed by atoms with Crippen molar-refractivity contribution >= 4 is 16.9 Å². The number of hydrogen-bond donors (Lipinski definition) is 1. The van der Waals surface area contributed by atoms with Crippen LogP contribution in [0, 0.1) is 12.9 Å². The molecule has 0 bridgehead atoms. The molecule has 6 heteroatoms. The van der Waals surface area contributed by atoms with E-state index < -0.39 is 5.95 Å². The average molecular weight is 396 g/mol. The molecule has 3 rings (SSSR count). The first-order valence-electron chi connectivity index (χ1n) is 10.4. The van der Waals surface area contributed by atoms with Gasteiger partial charge in [-0.1, -0.05) is 19.9 Å². The minimum absolute atomic E-state index is 0.310. The predicted octanol–water partition coefficient (Wildman–Crippen LogP) is 5.06. The van der Waals surface area contributed by atoms with Crippen molar-refractivity contribution in [2.45, 2.75) is 46.6 Å². The van der Waals surface area contributed by atoms with Crippen LogP contribution in [0.4, 0.5) is 10.3 Å². The molecule has 2 aromatic heterocycles. The Morgan fingerprint density at radius 1 is 1.10 bits per heavy atom. The normalized spacial score (nSPS) is 12.5. The summed E-state index contributed by atoms with van der Waals surface area (Å²) in [6.45, 7) is 11.8. The van der Waals surface area contributed by atoms with Crippen LogP contribution in [0.15, 0.2) is 36.7 Å². The number of fused-ring (bicyclic) bond motifs is 1. The molecule has 0 saturated heterocycles. The third-order valence-corrected chi connectivity index (χ3v) is 5.34. The van der Waals surface area contributed by atoms with E-state index in [2.05, 4.69) is 45.9 Å². The molecular weight excluding hydrogens is 365 g/mol. The number of aryl methyl sites for hydroxylation is 1. The van der Waals surface area contributed by atoms with Crippen LogP contribution in [0.5, 0.6) is 0 Å². The highest BCUT2D eigenvalue weighted by Crippen LogP contribution is 2.26. The van der Waals surface area contributed by atoms with Crippen LogP contribution in [-0.2, 0) is 0 Å². The van der Waals surface area contributed by atoms with Gasteiger partial charge in [0.05, 0.1) is 5.52 Å². The zero-order chi connectivity index (χ0) is 20.8. The number of pyridine rings is 1. The number of hydrogen-bond acceptors (Lipinski definition) is 5. The highest BCUT2D eigenvalue weighted by molar-refractivity contribution is 5.85. The molecule has 0 radical (unpaired) electrons. The maximum absolute atomic E-state index is 13.5. The maximum atomic E-state index is 13.5. The zero-order valence-electron chi connectivity index (χ0n) is 17.7. The van der Waals surface area contributed by atoms with Gasteiger partial charge in [-0.2, -0.15) is 4.39 Å². The quantitative estimate of drug-likeness (QED) is 0.513. The summed E-state index contributed by atoms with van der Waals surface area (Å²) in [7, 11) is 0. The van der Waals surface area contributed by atoms with E-state index in [1.54, 1.807) is 6.20 Å². The van der Waals surface area contributed by atoms with Crippen LogP contribution in [-0.4, -0.2) is 45.5 Å². The van der Waals surface area contributed by atoms with E-state index in [1.165, 1.54) is 6.07 Å². The monoisotopic (exact) mass is 395 g/mol. The Bertz CT molecular complexity index is 955.